The van der Waals surface area contributed by atoms with Gasteiger partial charge >= 0.3 is 0 Å². The maximum atomic E-state index is 11.7. The zero-order valence-corrected chi connectivity index (χ0v) is 13.8. The standard InChI is InChI=1S/C14H16N6O2S/c1-10(14-17-15-9-19(14)2)20-8-13(16-18-20)11-5-4-6-12(7-11)23(3,21)22/h4-10H,1-3H3/t10-/m0/s1. The summed E-state index contributed by atoms with van der Waals surface area (Å²) < 4.78 is 26.8. The molecule has 0 N–H and O–H groups in total. The Kier molecular flexibility index (Phi) is 3.72. The van der Waals surface area contributed by atoms with Crippen LogP contribution in [-0.2, 0) is 16.9 Å². The molecule has 0 aliphatic carbocycles. The van der Waals surface area contributed by atoms with Gasteiger partial charge in [0.1, 0.15) is 18.1 Å². The van der Waals surface area contributed by atoms with E-state index in [9.17, 15) is 8.42 Å². The summed E-state index contributed by atoms with van der Waals surface area (Å²) in [4.78, 5) is 0.255. The minimum absolute atomic E-state index is 0.137. The van der Waals surface area contributed by atoms with E-state index in [1.54, 1.807) is 41.5 Å². The van der Waals surface area contributed by atoms with Gasteiger partial charge in [-0.05, 0) is 19.1 Å². The van der Waals surface area contributed by atoms with Crippen molar-refractivity contribution < 1.29 is 8.42 Å². The van der Waals surface area contributed by atoms with Gasteiger partial charge in [0.2, 0.25) is 0 Å². The average molecular weight is 332 g/mol. The van der Waals surface area contributed by atoms with Gasteiger partial charge in [0, 0.05) is 18.9 Å². The van der Waals surface area contributed by atoms with Crippen LogP contribution < -0.4 is 0 Å². The Morgan fingerprint density at radius 1 is 1.22 bits per heavy atom. The second-order valence-electron chi connectivity index (χ2n) is 5.36. The lowest BCUT2D eigenvalue weighted by molar-refractivity contribution is 0.503. The molecular weight excluding hydrogens is 316 g/mol. The largest absolute Gasteiger partial charge is 0.319 e. The maximum Gasteiger partial charge on any atom is 0.175 e. The number of rotatable bonds is 4. The van der Waals surface area contributed by atoms with Crippen molar-refractivity contribution in [1.82, 2.24) is 29.8 Å². The van der Waals surface area contributed by atoms with Crippen molar-refractivity contribution in [2.75, 3.05) is 6.26 Å². The molecule has 0 bridgehead atoms. The van der Waals surface area contributed by atoms with Gasteiger partial charge in [-0.2, -0.15) is 0 Å². The fourth-order valence-corrected chi connectivity index (χ4v) is 2.94. The molecule has 0 saturated heterocycles. The minimum atomic E-state index is -3.26. The van der Waals surface area contributed by atoms with Crippen LogP contribution in [0.2, 0.25) is 0 Å². The van der Waals surface area contributed by atoms with Crippen molar-refractivity contribution in [2.45, 2.75) is 17.9 Å². The molecular formula is C14H16N6O2S. The van der Waals surface area contributed by atoms with Crippen molar-refractivity contribution in [3.8, 4) is 11.3 Å². The summed E-state index contributed by atoms with van der Waals surface area (Å²) in [7, 11) is -1.40. The number of aryl methyl sites for hydroxylation is 1. The summed E-state index contributed by atoms with van der Waals surface area (Å²) in [5.74, 6) is 0.756. The Hall–Kier alpha value is -2.55. The van der Waals surface area contributed by atoms with Crippen molar-refractivity contribution in [3.05, 3.63) is 42.6 Å². The van der Waals surface area contributed by atoms with Crippen molar-refractivity contribution in [2.24, 2.45) is 7.05 Å². The third-order valence-electron chi connectivity index (χ3n) is 3.59. The Labute approximate surface area is 133 Å². The van der Waals surface area contributed by atoms with E-state index >= 15 is 0 Å². The third-order valence-corrected chi connectivity index (χ3v) is 4.70. The van der Waals surface area contributed by atoms with Crippen LogP contribution in [0.15, 0.2) is 41.7 Å². The van der Waals surface area contributed by atoms with Gasteiger partial charge in [0.25, 0.3) is 0 Å². The molecule has 0 aliphatic rings. The molecule has 8 nitrogen and oxygen atoms in total. The molecule has 3 aromatic rings. The van der Waals surface area contributed by atoms with Crippen LogP contribution in [-0.4, -0.2) is 44.4 Å². The summed E-state index contributed by atoms with van der Waals surface area (Å²) >= 11 is 0. The van der Waals surface area contributed by atoms with E-state index in [-0.39, 0.29) is 10.9 Å². The van der Waals surface area contributed by atoms with Gasteiger partial charge in [-0.3, -0.25) is 0 Å². The average Bonchev–Trinajstić information content (AvgIpc) is 3.15. The van der Waals surface area contributed by atoms with E-state index in [2.05, 4.69) is 20.5 Å². The van der Waals surface area contributed by atoms with Gasteiger partial charge in [0.05, 0.1) is 11.1 Å². The summed E-state index contributed by atoms with van der Waals surface area (Å²) in [6, 6.07) is 6.51. The molecule has 0 aliphatic heterocycles. The van der Waals surface area contributed by atoms with Gasteiger partial charge in [-0.25, -0.2) is 13.1 Å². The zero-order chi connectivity index (χ0) is 16.6. The van der Waals surface area contributed by atoms with E-state index in [1.165, 1.54) is 6.26 Å². The molecule has 9 heteroatoms. The first-order valence-electron chi connectivity index (χ1n) is 6.92. The molecule has 0 spiro atoms. The van der Waals surface area contributed by atoms with Crippen LogP contribution in [0.4, 0.5) is 0 Å². The summed E-state index contributed by atoms with van der Waals surface area (Å²) in [5, 5.41) is 16.2. The Balaban J connectivity index is 1.95. The lowest BCUT2D eigenvalue weighted by atomic mass is 10.2. The van der Waals surface area contributed by atoms with E-state index in [1.807, 2.05) is 18.5 Å². The van der Waals surface area contributed by atoms with E-state index in [0.29, 0.717) is 11.3 Å². The maximum absolute atomic E-state index is 11.7. The lowest BCUT2D eigenvalue weighted by Crippen LogP contribution is -2.12. The molecule has 2 heterocycles. The smallest absolute Gasteiger partial charge is 0.175 e. The Morgan fingerprint density at radius 3 is 2.65 bits per heavy atom. The molecule has 0 radical (unpaired) electrons. The lowest BCUT2D eigenvalue weighted by Gasteiger charge is -2.09. The molecule has 0 amide bonds. The van der Waals surface area contributed by atoms with Gasteiger partial charge in [-0.15, -0.1) is 15.3 Å². The summed E-state index contributed by atoms with van der Waals surface area (Å²) in [6.07, 6.45) is 4.57. The van der Waals surface area contributed by atoms with E-state index < -0.39 is 9.84 Å². The molecule has 3 rings (SSSR count). The Morgan fingerprint density at radius 2 is 2.00 bits per heavy atom. The summed E-state index contributed by atoms with van der Waals surface area (Å²) in [5.41, 5.74) is 1.30. The first kappa shape index (κ1) is 15.3. The first-order chi connectivity index (χ1) is 10.9. The second-order valence-corrected chi connectivity index (χ2v) is 7.38. The quantitative estimate of drug-likeness (QED) is 0.709. The fourth-order valence-electron chi connectivity index (χ4n) is 2.27. The van der Waals surface area contributed by atoms with Gasteiger partial charge in [-0.1, -0.05) is 17.3 Å². The Bertz CT molecular complexity index is 944. The fraction of sp³-hybridized carbons (Fsp3) is 0.286. The van der Waals surface area contributed by atoms with Crippen molar-refractivity contribution in [3.63, 3.8) is 0 Å². The van der Waals surface area contributed by atoms with Crippen LogP contribution in [0.1, 0.15) is 18.8 Å². The highest BCUT2D eigenvalue weighted by molar-refractivity contribution is 7.90. The van der Waals surface area contributed by atoms with Crippen LogP contribution in [0.3, 0.4) is 0 Å². The highest BCUT2D eigenvalue weighted by atomic mass is 32.2. The zero-order valence-electron chi connectivity index (χ0n) is 12.9. The molecule has 0 unspecified atom stereocenters. The molecule has 0 fully saturated rings. The third kappa shape index (κ3) is 3.00. The number of aromatic nitrogens is 6. The second kappa shape index (κ2) is 5.58. The molecule has 120 valence electrons. The first-order valence-corrected chi connectivity index (χ1v) is 8.81. The van der Waals surface area contributed by atoms with E-state index in [0.717, 1.165) is 5.82 Å². The minimum Gasteiger partial charge on any atom is -0.319 e. The van der Waals surface area contributed by atoms with Gasteiger partial charge in [0.15, 0.2) is 15.7 Å². The molecule has 0 saturated carbocycles. The van der Waals surface area contributed by atoms with Crippen LogP contribution in [0.5, 0.6) is 0 Å². The van der Waals surface area contributed by atoms with Crippen LogP contribution in [0.25, 0.3) is 11.3 Å². The van der Waals surface area contributed by atoms with Crippen LogP contribution in [0, 0.1) is 0 Å². The van der Waals surface area contributed by atoms with E-state index in [4.69, 9.17) is 0 Å². The van der Waals surface area contributed by atoms with Crippen LogP contribution >= 0.6 is 0 Å². The van der Waals surface area contributed by atoms with Gasteiger partial charge < -0.3 is 4.57 Å². The molecule has 1 aromatic carbocycles. The highest BCUT2D eigenvalue weighted by Gasteiger charge is 2.16. The number of hydrogen-bond acceptors (Lipinski definition) is 6. The molecule has 23 heavy (non-hydrogen) atoms. The number of hydrogen-bond donors (Lipinski definition) is 0. The topological polar surface area (TPSA) is 95.6 Å². The molecule has 2 aromatic heterocycles. The monoisotopic (exact) mass is 332 g/mol. The van der Waals surface area contributed by atoms with Crippen molar-refractivity contribution in [1.29, 1.82) is 0 Å². The molecule has 1 atom stereocenters. The predicted octanol–water partition coefficient (Wildman–Crippen LogP) is 1.09. The SMILES string of the molecule is C[C@@H](c1nncn1C)n1cc(-c2cccc(S(C)(=O)=O)c2)nn1. The number of benzene rings is 1. The number of nitrogens with zero attached hydrogens (tertiary/aromatic N) is 6. The normalized spacial score (nSPS) is 13.2. The summed E-state index contributed by atoms with van der Waals surface area (Å²) in [6.45, 7) is 1.94. The number of sulfone groups is 1. The van der Waals surface area contributed by atoms with Crippen molar-refractivity contribution >= 4 is 9.84 Å². The predicted molar refractivity (Wildman–Crippen MR) is 83.4 cm³/mol. The highest BCUT2D eigenvalue weighted by Crippen LogP contribution is 2.22.